The lowest BCUT2D eigenvalue weighted by Gasteiger charge is -2.16. The van der Waals surface area contributed by atoms with Crippen molar-refractivity contribution < 1.29 is 8.83 Å². The van der Waals surface area contributed by atoms with Gasteiger partial charge in [0, 0.05) is 24.3 Å². The number of furan rings is 2. The van der Waals surface area contributed by atoms with Gasteiger partial charge in [-0.3, -0.25) is 0 Å². The molecule has 0 unspecified atom stereocenters. The van der Waals surface area contributed by atoms with E-state index in [0.29, 0.717) is 0 Å². The smallest absolute Gasteiger partial charge is 0.196 e. The third-order valence-electron chi connectivity index (χ3n) is 5.64. The van der Waals surface area contributed by atoms with E-state index in [1.807, 2.05) is 36.4 Å². The number of hydrogen-bond donors (Lipinski definition) is 1. The standard InChI is InChI=1S/C26H25N3O2/c1-2-23-28-24-20-11-6-7-12-22(20)31-25(24)26(29-23)27-15-14-19(21-13-8-16-30-21)17-18-9-4-3-5-10-18/h3-13,16,19H,2,14-15,17H2,1H3,(H,27,28,29)/t19-/m1/s1. The van der Waals surface area contributed by atoms with E-state index in [0.717, 1.165) is 65.3 Å². The Balaban J connectivity index is 1.39. The molecule has 0 spiro atoms. The number of benzene rings is 2. The van der Waals surface area contributed by atoms with Crippen LogP contribution in [-0.4, -0.2) is 16.5 Å². The molecule has 3 aromatic heterocycles. The van der Waals surface area contributed by atoms with Crippen LogP contribution < -0.4 is 5.32 Å². The molecular formula is C26H25N3O2. The molecule has 156 valence electrons. The molecule has 2 aromatic carbocycles. The van der Waals surface area contributed by atoms with Crippen molar-refractivity contribution in [1.82, 2.24) is 9.97 Å². The van der Waals surface area contributed by atoms with Crippen LogP contribution in [0.1, 0.15) is 36.4 Å². The first-order chi connectivity index (χ1) is 15.3. The Labute approximate surface area is 181 Å². The van der Waals surface area contributed by atoms with E-state index >= 15 is 0 Å². The summed E-state index contributed by atoms with van der Waals surface area (Å²) >= 11 is 0. The normalized spacial score (nSPS) is 12.4. The van der Waals surface area contributed by atoms with Gasteiger partial charge in [0.1, 0.15) is 22.7 Å². The fraction of sp³-hybridized carbons (Fsp3) is 0.231. The maximum atomic E-state index is 6.10. The molecule has 0 amide bonds. The number of aryl methyl sites for hydroxylation is 1. The summed E-state index contributed by atoms with van der Waals surface area (Å²) in [5, 5.41) is 4.54. The zero-order valence-electron chi connectivity index (χ0n) is 17.5. The lowest BCUT2D eigenvalue weighted by molar-refractivity contribution is 0.448. The molecule has 0 saturated heterocycles. The van der Waals surface area contributed by atoms with Crippen molar-refractivity contribution in [3.05, 3.63) is 90.1 Å². The van der Waals surface area contributed by atoms with Crippen LogP contribution in [0.25, 0.3) is 22.1 Å². The number of fused-ring (bicyclic) bond motifs is 3. The molecule has 1 atom stereocenters. The summed E-state index contributed by atoms with van der Waals surface area (Å²) in [5.41, 5.74) is 3.73. The average molecular weight is 412 g/mol. The number of rotatable bonds is 8. The molecule has 5 rings (SSSR count). The highest BCUT2D eigenvalue weighted by Crippen LogP contribution is 2.32. The van der Waals surface area contributed by atoms with Gasteiger partial charge in [-0.1, -0.05) is 49.4 Å². The Bertz CT molecular complexity index is 1280. The van der Waals surface area contributed by atoms with Gasteiger partial charge in [-0.25, -0.2) is 9.97 Å². The second kappa shape index (κ2) is 8.64. The molecule has 3 heterocycles. The van der Waals surface area contributed by atoms with Gasteiger partial charge in [0.25, 0.3) is 0 Å². The van der Waals surface area contributed by atoms with Crippen LogP contribution in [0.2, 0.25) is 0 Å². The molecule has 5 heteroatoms. The first-order valence-corrected chi connectivity index (χ1v) is 10.8. The molecule has 0 aliphatic heterocycles. The molecule has 0 bridgehead atoms. The number of para-hydroxylation sites is 1. The minimum absolute atomic E-state index is 0.281. The van der Waals surface area contributed by atoms with Gasteiger partial charge in [0.05, 0.1) is 6.26 Å². The second-order valence-electron chi connectivity index (χ2n) is 7.74. The van der Waals surface area contributed by atoms with Crippen LogP contribution in [0, 0.1) is 0 Å². The summed E-state index contributed by atoms with van der Waals surface area (Å²) in [6.07, 6.45) is 4.36. The maximum Gasteiger partial charge on any atom is 0.196 e. The Morgan fingerprint density at radius 1 is 0.935 bits per heavy atom. The zero-order valence-corrected chi connectivity index (χ0v) is 17.5. The molecule has 0 fully saturated rings. The molecule has 5 aromatic rings. The minimum atomic E-state index is 0.281. The van der Waals surface area contributed by atoms with E-state index in [1.54, 1.807) is 6.26 Å². The Morgan fingerprint density at radius 2 is 1.77 bits per heavy atom. The Morgan fingerprint density at radius 3 is 2.58 bits per heavy atom. The number of anilines is 1. The topological polar surface area (TPSA) is 64.1 Å². The predicted octanol–water partition coefficient (Wildman–Crippen LogP) is 6.36. The highest BCUT2D eigenvalue weighted by molar-refractivity contribution is 6.05. The largest absolute Gasteiger partial charge is 0.469 e. The monoisotopic (exact) mass is 411 g/mol. The summed E-state index contributed by atoms with van der Waals surface area (Å²) in [6, 6.07) is 22.6. The Hall–Kier alpha value is -3.60. The van der Waals surface area contributed by atoms with Gasteiger partial charge in [-0.2, -0.15) is 0 Å². The molecule has 0 aliphatic carbocycles. The van der Waals surface area contributed by atoms with Crippen molar-refractivity contribution in [3.63, 3.8) is 0 Å². The fourth-order valence-electron chi connectivity index (χ4n) is 4.05. The van der Waals surface area contributed by atoms with Gasteiger partial charge in [-0.05, 0) is 42.7 Å². The lowest BCUT2D eigenvalue weighted by atomic mass is 9.94. The molecule has 5 nitrogen and oxygen atoms in total. The second-order valence-corrected chi connectivity index (χ2v) is 7.74. The van der Waals surface area contributed by atoms with Crippen LogP contribution in [-0.2, 0) is 12.8 Å². The van der Waals surface area contributed by atoms with Crippen molar-refractivity contribution in [2.24, 2.45) is 0 Å². The average Bonchev–Trinajstić information content (AvgIpc) is 3.47. The van der Waals surface area contributed by atoms with Crippen molar-refractivity contribution in [1.29, 1.82) is 0 Å². The van der Waals surface area contributed by atoms with Gasteiger partial charge >= 0.3 is 0 Å². The number of hydrogen-bond acceptors (Lipinski definition) is 5. The van der Waals surface area contributed by atoms with E-state index in [1.165, 1.54) is 5.56 Å². The van der Waals surface area contributed by atoms with Gasteiger partial charge in [0.15, 0.2) is 11.4 Å². The van der Waals surface area contributed by atoms with Crippen LogP contribution in [0.3, 0.4) is 0 Å². The number of aromatic nitrogens is 2. The van der Waals surface area contributed by atoms with Crippen molar-refractivity contribution in [3.8, 4) is 0 Å². The summed E-state index contributed by atoms with van der Waals surface area (Å²) in [4.78, 5) is 9.44. The van der Waals surface area contributed by atoms with E-state index in [2.05, 4.69) is 42.6 Å². The van der Waals surface area contributed by atoms with Crippen molar-refractivity contribution in [2.45, 2.75) is 32.1 Å². The first kappa shape index (κ1) is 19.4. The van der Waals surface area contributed by atoms with Crippen LogP contribution >= 0.6 is 0 Å². The lowest BCUT2D eigenvalue weighted by Crippen LogP contribution is -2.11. The molecule has 0 saturated carbocycles. The van der Waals surface area contributed by atoms with E-state index in [4.69, 9.17) is 18.8 Å². The van der Waals surface area contributed by atoms with Gasteiger partial charge < -0.3 is 14.2 Å². The maximum absolute atomic E-state index is 6.10. The predicted molar refractivity (Wildman–Crippen MR) is 123 cm³/mol. The van der Waals surface area contributed by atoms with E-state index in [-0.39, 0.29) is 5.92 Å². The summed E-state index contributed by atoms with van der Waals surface area (Å²) in [7, 11) is 0. The molecule has 0 radical (unpaired) electrons. The first-order valence-electron chi connectivity index (χ1n) is 10.8. The van der Waals surface area contributed by atoms with Crippen molar-refractivity contribution >= 4 is 27.9 Å². The van der Waals surface area contributed by atoms with Crippen LogP contribution in [0.15, 0.2) is 81.8 Å². The summed E-state index contributed by atoms with van der Waals surface area (Å²) in [5.74, 6) is 2.87. The van der Waals surface area contributed by atoms with E-state index in [9.17, 15) is 0 Å². The SMILES string of the molecule is CCc1nc(NCC[C@H](Cc2ccccc2)c2ccco2)c2oc3ccccc3c2n1. The van der Waals surface area contributed by atoms with Crippen LogP contribution in [0.5, 0.6) is 0 Å². The Kier molecular flexibility index (Phi) is 5.40. The summed E-state index contributed by atoms with van der Waals surface area (Å²) < 4.78 is 11.8. The van der Waals surface area contributed by atoms with Crippen molar-refractivity contribution in [2.75, 3.05) is 11.9 Å². The highest BCUT2D eigenvalue weighted by atomic mass is 16.3. The fourth-order valence-corrected chi connectivity index (χ4v) is 4.05. The minimum Gasteiger partial charge on any atom is -0.469 e. The molecule has 0 aliphatic rings. The number of nitrogens with zero attached hydrogens (tertiary/aromatic N) is 2. The van der Waals surface area contributed by atoms with Gasteiger partial charge in [0.2, 0.25) is 0 Å². The number of nitrogens with one attached hydrogen (secondary N) is 1. The van der Waals surface area contributed by atoms with Crippen LogP contribution in [0.4, 0.5) is 5.82 Å². The molecular weight excluding hydrogens is 386 g/mol. The van der Waals surface area contributed by atoms with E-state index < -0.39 is 0 Å². The highest BCUT2D eigenvalue weighted by Gasteiger charge is 2.18. The summed E-state index contributed by atoms with van der Waals surface area (Å²) in [6.45, 7) is 2.82. The molecule has 1 N–H and O–H groups in total. The quantitative estimate of drug-likeness (QED) is 0.322. The molecule has 31 heavy (non-hydrogen) atoms. The third-order valence-corrected chi connectivity index (χ3v) is 5.64. The zero-order chi connectivity index (χ0) is 21.0. The third kappa shape index (κ3) is 4.04. The van der Waals surface area contributed by atoms with Gasteiger partial charge in [-0.15, -0.1) is 0 Å².